The van der Waals surface area contributed by atoms with E-state index in [4.69, 9.17) is 5.73 Å². The van der Waals surface area contributed by atoms with Gasteiger partial charge in [0.25, 0.3) is 0 Å². The Kier molecular flexibility index (Phi) is 5.58. The Hall–Kier alpha value is -0.120. The van der Waals surface area contributed by atoms with Gasteiger partial charge in [0.15, 0.2) is 0 Å². The van der Waals surface area contributed by atoms with Crippen LogP contribution in [0.15, 0.2) is 0 Å². The third kappa shape index (κ3) is 4.49. The van der Waals surface area contributed by atoms with E-state index in [1.54, 1.807) is 0 Å². The van der Waals surface area contributed by atoms with E-state index in [1.807, 2.05) is 0 Å². The van der Waals surface area contributed by atoms with Crippen LogP contribution >= 0.6 is 0 Å². The zero-order valence-electron chi connectivity index (χ0n) is 10.6. The van der Waals surface area contributed by atoms with Crippen LogP contribution in [0, 0.1) is 5.92 Å². The smallest absolute Gasteiger partial charge is 0.0191 e. The van der Waals surface area contributed by atoms with Gasteiger partial charge >= 0.3 is 0 Å². The highest BCUT2D eigenvalue weighted by atomic mass is 15.3. The average molecular weight is 213 g/mol. The Bertz CT molecular complexity index is 162. The van der Waals surface area contributed by atoms with Gasteiger partial charge in [-0.1, -0.05) is 20.8 Å². The van der Waals surface area contributed by atoms with Crippen molar-refractivity contribution < 1.29 is 0 Å². The lowest BCUT2D eigenvalue weighted by Crippen LogP contribution is -2.50. The number of piperazine rings is 1. The van der Waals surface area contributed by atoms with Crippen molar-refractivity contribution in [3.63, 3.8) is 0 Å². The van der Waals surface area contributed by atoms with Gasteiger partial charge in [-0.05, 0) is 18.9 Å². The van der Waals surface area contributed by atoms with Crippen LogP contribution < -0.4 is 5.73 Å². The lowest BCUT2D eigenvalue weighted by Gasteiger charge is -2.36. The number of rotatable bonds is 5. The largest absolute Gasteiger partial charge is 0.326 e. The van der Waals surface area contributed by atoms with E-state index in [9.17, 15) is 0 Å². The molecule has 1 fully saturated rings. The van der Waals surface area contributed by atoms with Crippen LogP contribution in [0.5, 0.6) is 0 Å². The molecule has 0 unspecified atom stereocenters. The maximum absolute atomic E-state index is 6.09. The molecule has 1 rings (SSSR count). The van der Waals surface area contributed by atoms with Gasteiger partial charge < -0.3 is 10.6 Å². The third-order valence-electron chi connectivity index (χ3n) is 3.33. The fourth-order valence-electron chi connectivity index (χ4n) is 2.02. The molecule has 1 heterocycles. The molecule has 2 N–H and O–H groups in total. The highest BCUT2D eigenvalue weighted by Gasteiger charge is 2.18. The molecule has 3 heteroatoms. The summed E-state index contributed by atoms with van der Waals surface area (Å²) in [6, 6.07) is 0.336. The Balaban J connectivity index is 2.19. The summed E-state index contributed by atoms with van der Waals surface area (Å²) < 4.78 is 0. The Labute approximate surface area is 94.6 Å². The number of nitrogens with two attached hydrogens (primary N) is 1. The molecule has 0 aromatic rings. The van der Waals surface area contributed by atoms with E-state index >= 15 is 0 Å². The molecule has 0 radical (unpaired) electrons. The van der Waals surface area contributed by atoms with E-state index in [1.165, 1.54) is 39.1 Å². The lowest BCUT2D eigenvalue weighted by atomic mass is 10.0. The van der Waals surface area contributed by atoms with Crippen LogP contribution in [-0.4, -0.2) is 55.1 Å². The van der Waals surface area contributed by atoms with Crippen LogP contribution in [0.25, 0.3) is 0 Å². The van der Waals surface area contributed by atoms with Crippen LogP contribution in [0.1, 0.15) is 27.2 Å². The molecule has 1 saturated heterocycles. The Morgan fingerprint density at radius 2 is 1.60 bits per heavy atom. The first-order valence-corrected chi connectivity index (χ1v) is 6.33. The van der Waals surface area contributed by atoms with Crippen molar-refractivity contribution in [3.05, 3.63) is 0 Å². The number of nitrogens with zero attached hydrogens (tertiary/aromatic N) is 2. The molecule has 0 bridgehead atoms. The topological polar surface area (TPSA) is 32.5 Å². The van der Waals surface area contributed by atoms with Gasteiger partial charge in [-0.15, -0.1) is 0 Å². The maximum Gasteiger partial charge on any atom is 0.0191 e. The van der Waals surface area contributed by atoms with Crippen molar-refractivity contribution in [2.45, 2.75) is 33.2 Å². The maximum atomic E-state index is 6.09. The van der Waals surface area contributed by atoms with Crippen molar-refractivity contribution in [3.8, 4) is 0 Å². The zero-order valence-corrected chi connectivity index (χ0v) is 10.6. The molecule has 0 aromatic heterocycles. The van der Waals surface area contributed by atoms with Gasteiger partial charge in [-0.2, -0.15) is 0 Å². The summed E-state index contributed by atoms with van der Waals surface area (Å²) in [5, 5.41) is 0. The van der Waals surface area contributed by atoms with Crippen LogP contribution in [0.3, 0.4) is 0 Å². The molecule has 0 saturated carbocycles. The van der Waals surface area contributed by atoms with E-state index < -0.39 is 0 Å². The molecule has 0 aromatic carbocycles. The molecule has 15 heavy (non-hydrogen) atoms. The molecule has 1 aliphatic rings. The van der Waals surface area contributed by atoms with E-state index in [0.29, 0.717) is 12.0 Å². The number of hydrogen-bond donors (Lipinski definition) is 1. The minimum Gasteiger partial charge on any atom is -0.326 e. The predicted octanol–water partition coefficient (Wildman–Crippen LogP) is 0.997. The molecule has 1 atom stereocenters. The van der Waals surface area contributed by atoms with Gasteiger partial charge in [0, 0.05) is 38.8 Å². The minimum atomic E-state index is 0.336. The SMILES string of the molecule is CCCN1CCN(C[C@H](N)C(C)C)CC1. The van der Waals surface area contributed by atoms with Crippen molar-refractivity contribution in [2.24, 2.45) is 11.7 Å². The average Bonchev–Trinajstić information content (AvgIpc) is 2.21. The third-order valence-corrected chi connectivity index (χ3v) is 3.33. The van der Waals surface area contributed by atoms with Gasteiger partial charge in [0.1, 0.15) is 0 Å². The van der Waals surface area contributed by atoms with Crippen LogP contribution in [0.2, 0.25) is 0 Å². The van der Waals surface area contributed by atoms with Crippen LogP contribution in [-0.2, 0) is 0 Å². The standard InChI is InChI=1S/C12H27N3/c1-4-5-14-6-8-15(9-7-14)10-12(13)11(2)3/h11-12H,4-10,13H2,1-3H3/t12-/m0/s1. The first kappa shape index (κ1) is 12.9. The number of hydrogen-bond acceptors (Lipinski definition) is 3. The summed E-state index contributed by atoms with van der Waals surface area (Å²) in [6.07, 6.45) is 1.27. The summed E-state index contributed by atoms with van der Waals surface area (Å²) in [4.78, 5) is 5.06. The molecule has 3 nitrogen and oxygen atoms in total. The monoisotopic (exact) mass is 213 g/mol. The van der Waals surface area contributed by atoms with E-state index in [2.05, 4.69) is 30.6 Å². The Morgan fingerprint density at radius 1 is 1.07 bits per heavy atom. The normalized spacial score (nSPS) is 22.2. The summed E-state index contributed by atoms with van der Waals surface area (Å²) in [7, 11) is 0. The summed E-state index contributed by atoms with van der Waals surface area (Å²) in [5.41, 5.74) is 6.09. The summed E-state index contributed by atoms with van der Waals surface area (Å²) in [6.45, 7) is 13.8. The van der Waals surface area contributed by atoms with E-state index in [-0.39, 0.29) is 0 Å². The molecule has 90 valence electrons. The highest BCUT2D eigenvalue weighted by molar-refractivity contribution is 4.76. The zero-order chi connectivity index (χ0) is 11.3. The highest BCUT2D eigenvalue weighted by Crippen LogP contribution is 2.06. The first-order valence-electron chi connectivity index (χ1n) is 6.33. The van der Waals surface area contributed by atoms with Crippen molar-refractivity contribution in [2.75, 3.05) is 39.3 Å². The molecule has 0 spiro atoms. The van der Waals surface area contributed by atoms with Gasteiger partial charge in [-0.25, -0.2) is 0 Å². The Morgan fingerprint density at radius 3 is 2.07 bits per heavy atom. The fourth-order valence-corrected chi connectivity index (χ4v) is 2.02. The molecular weight excluding hydrogens is 186 g/mol. The molecule has 0 amide bonds. The van der Waals surface area contributed by atoms with Gasteiger partial charge in [0.2, 0.25) is 0 Å². The lowest BCUT2D eigenvalue weighted by molar-refractivity contribution is 0.122. The predicted molar refractivity (Wildman–Crippen MR) is 66.0 cm³/mol. The van der Waals surface area contributed by atoms with Crippen molar-refractivity contribution in [1.82, 2.24) is 9.80 Å². The molecule has 0 aliphatic carbocycles. The first-order chi connectivity index (χ1) is 7.13. The summed E-state index contributed by atoms with van der Waals surface area (Å²) >= 11 is 0. The second kappa shape index (κ2) is 6.46. The van der Waals surface area contributed by atoms with E-state index in [0.717, 1.165) is 6.54 Å². The van der Waals surface area contributed by atoms with Crippen molar-refractivity contribution in [1.29, 1.82) is 0 Å². The quantitative estimate of drug-likeness (QED) is 0.739. The van der Waals surface area contributed by atoms with Gasteiger partial charge in [-0.3, -0.25) is 4.90 Å². The second-order valence-corrected chi connectivity index (χ2v) is 5.05. The summed E-state index contributed by atoms with van der Waals surface area (Å²) in [5.74, 6) is 0.596. The minimum absolute atomic E-state index is 0.336. The molecule has 1 aliphatic heterocycles. The van der Waals surface area contributed by atoms with Gasteiger partial charge in [0.05, 0.1) is 0 Å². The fraction of sp³-hybridized carbons (Fsp3) is 1.00. The van der Waals surface area contributed by atoms with Crippen LogP contribution in [0.4, 0.5) is 0 Å². The van der Waals surface area contributed by atoms with Crippen molar-refractivity contribution >= 4 is 0 Å². The second-order valence-electron chi connectivity index (χ2n) is 5.05. The molecular formula is C12H27N3.